The summed E-state index contributed by atoms with van der Waals surface area (Å²) < 4.78 is 40.3. The van der Waals surface area contributed by atoms with Crippen LogP contribution in [0.4, 0.5) is 19.0 Å². The number of pyridine rings is 1. The molecular weight excluding hydrogens is 295 g/mol. The molecule has 0 aromatic carbocycles. The molecule has 4 nitrogen and oxygen atoms in total. The van der Waals surface area contributed by atoms with Gasteiger partial charge < -0.3 is 9.64 Å². The number of rotatable bonds is 3. The zero-order chi connectivity index (χ0) is 15.6. The molecule has 7 heteroatoms. The van der Waals surface area contributed by atoms with Gasteiger partial charge in [0, 0.05) is 19.1 Å². The predicted octanol–water partition coefficient (Wildman–Crippen LogP) is 3.04. The van der Waals surface area contributed by atoms with E-state index in [0.29, 0.717) is 6.04 Å². The van der Waals surface area contributed by atoms with Gasteiger partial charge in [0.1, 0.15) is 11.6 Å². The average molecular weight is 315 g/mol. The Bertz CT molecular complexity index is 486. The Kier molecular flexibility index (Phi) is 4.42. The van der Waals surface area contributed by atoms with Crippen molar-refractivity contribution >= 4 is 5.82 Å². The van der Waals surface area contributed by atoms with Gasteiger partial charge in [0.15, 0.2) is 0 Å². The summed E-state index contributed by atoms with van der Waals surface area (Å²) in [5.41, 5.74) is 0. The van der Waals surface area contributed by atoms with Crippen molar-refractivity contribution in [3.63, 3.8) is 0 Å². The second-order valence-electron chi connectivity index (χ2n) is 5.89. The van der Waals surface area contributed by atoms with Gasteiger partial charge in [-0.1, -0.05) is 0 Å². The molecule has 122 valence electrons. The molecule has 2 fully saturated rings. The zero-order valence-electron chi connectivity index (χ0n) is 12.4. The molecule has 0 aliphatic carbocycles. The van der Waals surface area contributed by atoms with E-state index in [0.717, 1.165) is 44.6 Å². The van der Waals surface area contributed by atoms with E-state index >= 15 is 0 Å². The van der Waals surface area contributed by atoms with Crippen LogP contribution < -0.4 is 9.64 Å². The molecule has 3 heterocycles. The molecule has 2 saturated heterocycles. The highest BCUT2D eigenvalue weighted by atomic mass is 19.4. The molecular formula is C15H20F3N3O. The quantitative estimate of drug-likeness (QED) is 0.857. The lowest BCUT2D eigenvalue weighted by Gasteiger charge is -2.38. The van der Waals surface area contributed by atoms with E-state index in [2.05, 4.69) is 19.5 Å². The molecule has 0 bridgehead atoms. The van der Waals surface area contributed by atoms with E-state index < -0.39 is 6.36 Å². The van der Waals surface area contributed by atoms with E-state index in [9.17, 15) is 13.2 Å². The number of hydrogen-bond acceptors (Lipinski definition) is 4. The molecule has 2 aliphatic rings. The van der Waals surface area contributed by atoms with Crippen LogP contribution in [0.25, 0.3) is 0 Å². The number of piperidine rings is 1. The van der Waals surface area contributed by atoms with Crippen LogP contribution in [0.15, 0.2) is 18.3 Å². The SMILES string of the molecule is FC(F)(F)Oc1ccc(N2CCCC(N3CCCC3)C2)nc1. The molecule has 1 aromatic heterocycles. The smallest absolute Gasteiger partial charge is 0.404 e. The number of ether oxygens (including phenoxy) is 1. The molecule has 2 aliphatic heterocycles. The molecule has 0 saturated carbocycles. The zero-order valence-corrected chi connectivity index (χ0v) is 12.4. The van der Waals surface area contributed by atoms with Gasteiger partial charge >= 0.3 is 6.36 Å². The molecule has 1 atom stereocenters. The summed E-state index contributed by atoms with van der Waals surface area (Å²) in [5.74, 6) is 0.447. The number of likely N-dealkylation sites (tertiary alicyclic amines) is 1. The van der Waals surface area contributed by atoms with Crippen molar-refractivity contribution < 1.29 is 17.9 Å². The van der Waals surface area contributed by atoms with Crippen LogP contribution in [0.2, 0.25) is 0 Å². The molecule has 1 aromatic rings. The number of nitrogens with zero attached hydrogens (tertiary/aromatic N) is 3. The summed E-state index contributed by atoms with van der Waals surface area (Å²) in [4.78, 5) is 8.81. The van der Waals surface area contributed by atoms with Crippen LogP contribution in [0.5, 0.6) is 5.75 Å². The monoisotopic (exact) mass is 315 g/mol. The number of alkyl halides is 3. The van der Waals surface area contributed by atoms with Crippen LogP contribution in [-0.2, 0) is 0 Å². The van der Waals surface area contributed by atoms with Crippen LogP contribution in [0, 0.1) is 0 Å². The number of hydrogen-bond donors (Lipinski definition) is 0. The van der Waals surface area contributed by atoms with Gasteiger partial charge in [0.25, 0.3) is 0 Å². The first-order valence-corrected chi connectivity index (χ1v) is 7.72. The topological polar surface area (TPSA) is 28.6 Å². The Labute approximate surface area is 127 Å². The van der Waals surface area contributed by atoms with Gasteiger partial charge in [-0.05, 0) is 50.9 Å². The van der Waals surface area contributed by atoms with Crippen LogP contribution >= 0.6 is 0 Å². The second-order valence-corrected chi connectivity index (χ2v) is 5.89. The maximum absolute atomic E-state index is 12.2. The largest absolute Gasteiger partial charge is 0.573 e. The number of aromatic nitrogens is 1. The summed E-state index contributed by atoms with van der Waals surface area (Å²) in [5, 5.41) is 0. The fraction of sp³-hybridized carbons (Fsp3) is 0.667. The lowest BCUT2D eigenvalue weighted by Crippen LogP contribution is -2.47. The van der Waals surface area contributed by atoms with E-state index in [1.54, 1.807) is 6.07 Å². The standard InChI is InChI=1S/C15H20F3N3O/c16-15(17,18)22-13-5-6-14(19-10-13)21-9-3-4-12(11-21)20-7-1-2-8-20/h5-6,10,12H,1-4,7-9,11H2. The summed E-state index contributed by atoms with van der Waals surface area (Å²) in [7, 11) is 0. The van der Waals surface area contributed by atoms with E-state index in [-0.39, 0.29) is 5.75 Å². The summed E-state index contributed by atoms with van der Waals surface area (Å²) in [6.07, 6.45) is 1.27. The van der Waals surface area contributed by atoms with E-state index in [1.807, 2.05) is 0 Å². The minimum Gasteiger partial charge on any atom is -0.404 e. The van der Waals surface area contributed by atoms with Crippen molar-refractivity contribution in [3.05, 3.63) is 18.3 Å². The Balaban J connectivity index is 1.63. The predicted molar refractivity (Wildman–Crippen MR) is 77.0 cm³/mol. The lowest BCUT2D eigenvalue weighted by atomic mass is 10.0. The Morgan fingerprint density at radius 1 is 1.09 bits per heavy atom. The number of halogens is 3. The van der Waals surface area contributed by atoms with Crippen molar-refractivity contribution in [2.24, 2.45) is 0 Å². The molecule has 0 radical (unpaired) electrons. The highest BCUT2D eigenvalue weighted by Gasteiger charge is 2.31. The maximum atomic E-state index is 12.2. The van der Waals surface area contributed by atoms with Crippen molar-refractivity contribution in [2.75, 3.05) is 31.1 Å². The fourth-order valence-corrected chi connectivity index (χ4v) is 3.32. The normalized spacial score (nSPS) is 23.8. The molecule has 1 unspecified atom stereocenters. The van der Waals surface area contributed by atoms with Gasteiger partial charge in [-0.3, -0.25) is 4.90 Å². The van der Waals surface area contributed by atoms with Gasteiger partial charge in [-0.2, -0.15) is 0 Å². The number of anilines is 1. The highest BCUT2D eigenvalue weighted by Crippen LogP contribution is 2.26. The first-order valence-electron chi connectivity index (χ1n) is 7.72. The van der Waals surface area contributed by atoms with Gasteiger partial charge in [0.05, 0.1) is 6.20 Å². The Morgan fingerprint density at radius 2 is 1.86 bits per heavy atom. The summed E-state index contributed by atoms with van der Waals surface area (Å²) >= 11 is 0. The van der Waals surface area contributed by atoms with E-state index in [1.165, 1.54) is 25.3 Å². The average Bonchev–Trinajstić information content (AvgIpc) is 3.01. The van der Waals surface area contributed by atoms with Crippen LogP contribution in [0.1, 0.15) is 25.7 Å². The van der Waals surface area contributed by atoms with Gasteiger partial charge in [0.2, 0.25) is 0 Å². The summed E-state index contributed by atoms with van der Waals surface area (Å²) in [6, 6.07) is 3.46. The first-order chi connectivity index (χ1) is 10.5. The minimum atomic E-state index is -4.67. The van der Waals surface area contributed by atoms with Crippen LogP contribution in [0.3, 0.4) is 0 Å². The minimum absolute atomic E-state index is 0.274. The first kappa shape index (κ1) is 15.4. The van der Waals surface area contributed by atoms with Crippen molar-refractivity contribution in [1.29, 1.82) is 0 Å². The Hall–Kier alpha value is -1.50. The van der Waals surface area contributed by atoms with Crippen LogP contribution in [-0.4, -0.2) is 48.5 Å². The lowest BCUT2D eigenvalue weighted by molar-refractivity contribution is -0.274. The Morgan fingerprint density at radius 3 is 2.50 bits per heavy atom. The molecule has 0 spiro atoms. The third-order valence-electron chi connectivity index (χ3n) is 4.33. The van der Waals surface area contributed by atoms with Gasteiger partial charge in [-0.15, -0.1) is 13.2 Å². The molecule has 22 heavy (non-hydrogen) atoms. The molecule has 3 rings (SSSR count). The van der Waals surface area contributed by atoms with Gasteiger partial charge in [-0.25, -0.2) is 4.98 Å². The third-order valence-corrected chi connectivity index (χ3v) is 4.33. The molecule has 0 N–H and O–H groups in total. The van der Waals surface area contributed by atoms with Crippen molar-refractivity contribution in [3.8, 4) is 5.75 Å². The third kappa shape index (κ3) is 3.82. The highest BCUT2D eigenvalue weighted by molar-refractivity contribution is 5.41. The van der Waals surface area contributed by atoms with E-state index in [4.69, 9.17) is 0 Å². The molecule has 0 amide bonds. The summed E-state index contributed by atoms with van der Waals surface area (Å²) in [6.45, 7) is 4.11. The maximum Gasteiger partial charge on any atom is 0.573 e. The second kappa shape index (κ2) is 6.32. The fourth-order valence-electron chi connectivity index (χ4n) is 3.32. The van der Waals surface area contributed by atoms with Crippen molar-refractivity contribution in [1.82, 2.24) is 9.88 Å². The van der Waals surface area contributed by atoms with Crippen molar-refractivity contribution in [2.45, 2.75) is 38.1 Å².